The van der Waals surface area contributed by atoms with E-state index < -0.39 is 6.10 Å². The van der Waals surface area contributed by atoms with Crippen molar-refractivity contribution in [1.82, 2.24) is 14.7 Å². The Morgan fingerprint density at radius 2 is 2.42 bits per heavy atom. The van der Waals surface area contributed by atoms with Gasteiger partial charge in [-0.15, -0.1) is 0 Å². The summed E-state index contributed by atoms with van der Waals surface area (Å²) in [5.74, 6) is 0.780. The summed E-state index contributed by atoms with van der Waals surface area (Å²) in [4.78, 5) is 2.09. The normalized spacial score (nSPS) is 21.0. The van der Waals surface area contributed by atoms with Gasteiger partial charge in [-0.25, -0.2) is 0 Å². The molecule has 6 nitrogen and oxygen atoms in total. The minimum absolute atomic E-state index is 0.128. The van der Waals surface area contributed by atoms with Gasteiger partial charge in [0.05, 0.1) is 26.5 Å². The van der Waals surface area contributed by atoms with Crippen LogP contribution in [0.2, 0.25) is 0 Å². The standard InChI is InChI=1S/C13H23N3O3/c1-15(2)5-6-16-12(11(18-3)8-14-16)13(17)10-4-7-19-9-10/h8,10,13,17H,4-7,9H2,1-3H3. The third kappa shape index (κ3) is 3.26. The summed E-state index contributed by atoms with van der Waals surface area (Å²) in [6.07, 6.45) is 1.97. The number of aliphatic hydroxyl groups excluding tert-OH is 1. The molecule has 2 heterocycles. The molecule has 0 spiro atoms. The Balaban J connectivity index is 2.17. The molecule has 1 N–H and O–H groups in total. The van der Waals surface area contributed by atoms with Crippen LogP contribution < -0.4 is 4.74 Å². The van der Waals surface area contributed by atoms with Crippen molar-refractivity contribution < 1.29 is 14.6 Å². The maximum atomic E-state index is 10.5. The van der Waals surface area contributed by atoms with Crippen molar-refractivity contribution in [1.29, 1.82) is 0 Å². The van der Waals surface area contributed by atoms with Crippen molar-refractivity contribution in [2.75, 3.05) is 41.0 Å². The fourth-order valence-corrected chi connectivity index (χ4v) is 2.33. The molecule has 0 amide bonds. The van der Waals surface area contributed by atoms with E-state index in [2.05, 4.69) is 10.00 Å². The summed E-state index contributed by atoms with van der Waals surface area (Å²) in [6, 6.07) is 0. The summed E-state index contributed by atoms with van der Waals surface area (Å²) in [5, 5.41) is 14.8. The van der Waals surface area contributed by atoms with Gasteiger partial charge in [0, 0.05) is 19.1 Å². The van der Waals surface area contributed by atoms with Crippen molar-refractivity contribution in [2.45, 2.75) is 19.1 Å². The zero-order valence-electron chi connectivity index (χ0n) is 11.9. The van der Waals surface area contributed by atoms with Gasteiger partial charge < -0.3 is 19.5 Å². The number of ether oxygens (including phenoxy) is 2. The van der Waals surface area contributed by atoms with E-state index in [4.69, 9.17) is 9.47 Å². The molecule has 19 heavy (non-hydrogen) atoms. The first-order chi connectivity index (χ1) is 9.13. The van der Waals surface area contributed by atoms with Crippen LogP contribution in [0.4, 0.5) is 0 Å². The van der Waals surface area contributed by atoms with E-state index in [-0.39, 0.29) is 5.92 Å². The molecule has 108 valence electrons. The highest BCUT2D eigenvalue weighted by atomic mass is 16.5. The molecule has 1 saturated heterocycles. The van der Waals surface area contributed by atoms with Crippen LogP contribution in [0.5, 0.6) is 5.75 Å². The third-order valence-electron chi connectivity index (χ3n) is 3.52. The Bertz CT molecular complexity index is 400. The number of hydrogen-bond acceptors (Lipinski definition) is 5. The summed E-state index contributed by atoms with van der Waals surface area (Å²) < 4.78 is 12.5. The first-order valence-corrected chi connectivity index (χ1v) is 6.63. The molecule has 0 aliphatic carbocycles. The lowest BCUT2D eigenvalue weighted by atomic mass is 9.98. The smallest absolute Gasteiger partial charge is 0.162 e. The summed E-state index contributed by atoms with van der Waals surface area (Å²) in [6.45, 7) is 2.92. The van der Waals surface area contributed by atoms with Gasteiger partial charge in [-0.3, -0.25) is 4.68 Å². The number of rotatable bonds is 6. The van der Waals surface area contributed by atoms with E-state index in [1.54, 1.807) is 13.3 Å². The third-order valence-corrected chi connectivity index (χ3v) is 3.52. The molecule has 2 rings (SSSR count). The molecule has 0 aromatic carbocycles. The average molecular weight is 269 g/mol. The Labute approximate surface area is 113 Å². The number of nitrogens with zero attached hydrogens (tertiary/aromatic N) is 3. The number of likely N-dealkylation sites (N-methyl/N-ethyl adjacent to an activating group) is 1. The van der Waals surface area contributed by atoms with E-state index in [1.807, 2.05) is 18.8 Å². The van der Waals surface area contributed by atoms with Gasteiger partial charge in [-0.1, -0.05) is 0 Å². The topological polar surface area (TPSA) is 59.8 Å². The van der Waals surface area contributed by atoms with Crippen LogP contribution in [0.25, 0.3) is 0 Å². The lowest BCUT2D eigenvalue weighted by Gasteiger charge is -2.20. The molecule has 1 aromatic heterocycles. The lowest BCUT2D eigenvalue weighted by molar-refractivity contribution is 0.0818. The minimum atomic E-state index is -0.581. The first kappa shape index (κ1) is 14.3. The molecule has 6 heteroatoms. The molecule has 1 aliphatic heterocycles. The van der Waals surface area contributed by atoms with E-state index in [9.17, 15) is 5.11 Å². The molecule has 1 fully saturated rings. The van der Waals surface area contributed by atoms with Gasteiger partial charge in [0.15, 0.2) is 5.75 Å². The van der Waals surface area contributed by atoms with Gasteiger partial charge >= 0.3 is 0 Å². The summed E-state index contributed by atoms with van der Waals surface area (Å²) in [5.41, 5.74) is 0.764. The predicted octanol–water partition coefficient (Wildman–Crippen LogP) is 0.523. The van der Waals surface area contributed by atoms with E-state index in [0.29, 0.717) is 12.4 Å². The fourth-order valence-electron chi connectivity index (χ4n) is 2.33. The van der Waals surface area contributed by atoms with Crippen LogP contribution in [0.15, 0.2) is 6.20 Å². The highest BCUT2D eigenvalue weighted by Crippen LogP contribution is 2.33. The van der Waals surface area contributed by atoms with E-state index >= 15 is 0 Å². The van der Waals surface area contributed by atoms with Crippen LogP contribution in [0, 0.1) is 5.92 Å². The zero-order valence-corrected chi connectivity index (χ0v) is 11.9. The molecular formula is C13H23N3O3. The number of aliphatic hydroxyl groups is 1. The maximum Gasteiger partial charge on any atom is 0.162 e. The number of aromatic nitrogens is 2. The van der Waals surface area contributed by atoms with Gasteiger partial charge in [0.2, 0.25) is 0 Å². The van der Waals surface area contributed by atoms with E-state index in [0.717, 1.165) is 31.8 Å². The Hall–Kier alpha value is -1.11. The van der Waals surface area contributed by atoms with Crippen molar-refractivity contribution in [3.63, 3.8) is 0 Å². The molecule has 0 saturated carbocycles. The van der Waals surface area contributed by atoms with Gasteiger partial charge in [-0.05, 0) is 20.5 Å². The minimum Gasteiger partial charge on any atom is -0.493 e. The lowest BCUT2D eigenvalue weighted by Crippen LogP contribution is -2.23. The van der Waals surface area contributed by atoms with Crippen molar-refractivity contribution in [3.8, 4) is 5.75 Å². The second-order valence-corrected chi connectivity index (χ2v) is 5.19. The molecule has 1 aliphatic rings. The molecule has 0 radical (unpaired) electrons. The van der Waals surface area contributed by atoms with Crippen LogP contribution in [-0.4, -0.2) is 60.8 Å². The largest absolute Gasteiger partial charge is 0.493 e. The highest BCUT2D eigenvalue weighted by Gasteiger charge is 2.30. The summed E-state index contributed by atoms with van der Waals surface area (Å²) in [7, 11) is 5.64. The average Bonchev–Trinajstić information content (AvgIpc) is 3.04. The Morgan fingerprint density at radius 3 is 3.00 bits per heavy atom. The van der Waals surface area contributed by atoms with Crippen molar-refractivity contribution in [3.05, 3.63) is 11.9 Å². The van der Waals surface area contributed by atoms with Crippen LogP contribution in [0.1, 0.15) is 18.2 Å². The molecule has 1 aromatic rings. The van der Waals surface area contributed by atoms with E-state index in [1.165, 1.54) is 0 Å². The summed E-state index contributed by atoms with van der Waals surface area (Å²) >= 11 is 0. The van der Waals surface area contributed by atoms with Gasteiger partial charge in [-0.2, -0.15) is 5.10 Å². The monoisotopic (exact) mass is 269 g/mol. The van der Waals surface area contributed by atoms with Crippen LogP contribution >= 0.6 is 0 Å². The Kier molecular flexibility index (Phi) is 4.79. The fraction of sp³-hybridized carbons (Fsp3) is 0.769. The van der Waals surface area contributed by atoms with Crippen LogP contribution in [-0.2, 0) is 11.3 Å². The Morgan fingerprint density at radius 1 is 1.63 bits per heavy atom. The molecular weight excluding hydrogens is 246 g/mol. The molecule has 0 bridgehead atoms. The van der Waals surface area contributed by atoms with Crippen LogP contribution in [0.3, 0.4) is 0 Å². The maximum absolute atomic E-state index is 10.5. The second kappa shape index (κ2) is 6.36. The van der Waals surface area contributed by atoms with Crippen molar-refractivity contribution >= 4 is 0 Å². The predicted molar refractivity (Wildman–Crippen MR) is 71.2 cm³/mol. The second-order valence-electron chi connectivity index (χ2n) is 5.19. The number of methoxy groups -OCH3 is 1. The molecule has 2 unspecified atom stereocenters. The zero-order chi connectivity index (χ0) is 13.8. The SMILES string of the molecule is COc1cnn(CCN(C)C)c1C(O)C1CCOC1. The number of hydrogen-bond donors (Lipinski definition) is 1. The molecule has 2 atom stereocenters. The van der Waals surface area contributed by atoms with Gasteiger partial charge in [0.1, 0.15) is 11.8 Å². The van der Waals surface area contributed by atoms with Gasteiger partial charge in [0.25, 0.3) is 0 Å². The van der Waals surface area contributed by atoms with Crippen molar-refractivity contribution in [2.24, 2.45) is 5.92 Å². The first-order valence-electron chi connectivity index (χ1n) is 6.63. The quantitative estimate of drug-likeness (QED) is 0.816. The highest BCUT2D eigenvalue weighted by molar-refractivity contribution is 5.28.